The van der Waals surface area contributed by atoms with Gasteiger partial charge in [-0.05, 0) is 54.3 Å². The molecule has 0 amide bonds. The second-order valence-corrected chi connectivity index (χ2v) is 5.47. The van der Waals surface area contributed by atoms with Gasteiger partial charge < -0.3 is 4.74 Å². The van der Waals surface area contributed by atoms with Gasteiger partial charge in [-0.1, -0.05) is 23.7 Å². The predicted molar refractivity (Wildman–Crippen MR) is 79.8 cm³/mol. The quantitative estimate of drug-likeness (QED) is 0.824. The summed E-state index contributed by atoms with van der Waals surface area (Å²) in [5.74, 6) is 0.936. The first-order chi connectivity index (χ1) is 9.69. The third-order valence-corrected chi connectivity index (χ3v) is 4.12. The van der Waals surface area contributed by atoms with Crippen LogP contribution in [-0.2, 0) is 6.42 Å². The molecule has 2 aromatic rings. The molecule has 0 saturated carbocycles. The zero-order chi connectivity index (χ0) is 14.1. The molecule has 0 fully saturated rings. The van der Waals surface area contributed by atoms with E-state index in [0.29, 0.717) is 5.02 Å². The van der Waals surface area contributed by atoms with Crippen molar-refractivity contribution in [2.75, 3.05) is 7.11 Å². The third-order valence-electron chi connectivity index (χ3n) is 3.87. The predicted octanol–water partition coefficient (Wildman–Crippen LogP) is 4.26. The Bertz CT molecular complexity index is 647. The Kier molecular flexibility index (Phi) is 3.49. The molecular formula is C17H15ClO2. The lowest BCUT2D eigenvalue weighted by atomic mass is 9.79. The monoisotopic (exact) mass is 286 g/mol. The summed E-state index contributed by atoms with van der Waals surface area (Å²) in [6, 6.07) is 13.3. The number of Topliss-reactive ketones (excluding diaryl/α,β-unsaturated/α-hetero) is 1. The largest absolute Gasteiger partial charge is 0.497 e. The van der Waals surface area contributed by atoms with Gasteiger partial charge in [-0.3, -0.25) is 4.79 Å². The molecule has 2 nitrogen and oxygen atoms in total. The lowest BCUT2D eigenvalue weighted by Crippen LogP contribution is -2.20. The Morgan fingerprint density at radius 1 is 1.15 bits per heavy atom. The minimum Gasteiger partial charge on any atom is -0.497 e. The number of rotatable bonds is 2. The zero-order valence-corrected chi connectivity index (χ0v) is 12.0. The first kappa shape index (κ1) is 13.2. The molecule has 102 valence electrons. The number of benzene rings is 2. The number of carbonyl (C=O) groups excluding carboxylic acids is 1. The molecule has 0 radical (unpaired) electrons. The van der Waals surface area contributed by atoms with Gasteiger partial charge >= 0.3 is 0 Å². The number of methoxy groups -OCH3 is 1. The summed E-state index contributed by atoms with van der Waals surface area (Å²) in [5.41, 5.74) is 2.94. The Morgan fingerprint density at radius 2 is 1.90 bits per heavy atom. The number of ketones is 1. The highest BCUT2D eigenvalue weighted by atomic mass is 35.5. The second-order valence-electron chi connectivity index (χ2n) is 5.03. The van der Waals surface area contributed by atoms with Crippen LogP contribution in [0.3, 0.4) is 0 Å². The lowest BCUT2D eigenvalue weighted by Gasteiger charge is -2.24. The normalized spacial score (nSPS) is 17.7. The molecule has 0 spiro atoms. The summed E-state index contributed by atoms with van der Waals surface area (Å²) in [6.07, 6.45) is 1.73. The SMILES string of the molecule is COc1ccc2c(c1)CC[C@@H](c1ccc(Cl)cc1)C2=O. The fraction of sp³-hybridized carbons (Fsp3) is 0.235. The summed E-state index contributed by atoms with van der Waals surface area (Å²) < 4.78 is 5.21. The molecule has 0 saturated heterocycles. The average molecular weight is 287 g/mol. The van der Waals surface area contributed by atoms with Crippen molar-refractivity contribution < 1.29 is 9.53 Å². The van der Waals surface area contributed by atoms with Gasteiger partial charge in [-0.25, -0.2) is 0 Å². The molecule has 20 heavy (non-hydrogen) atoms. The number of hydrogen-bond acceptors (Lipinski definition) is 2. The van der Waals surface area contributed by atoms with Gasteiger partial charge in [0.1, 0.15) is 5.75 Å². The van der Waals surface area contributed by atoms with Crippen LogP contribution in [0.2, 0.25) is 5.02 Å². The van der Waals surface area contributed by atoms with Crippen molar-refractivity contribution in [3.8, 4) is 5.75 Å². The molecule has 0 aromatic heterocycles. The van der Waals surface area contributed by atoms with Crippen LogP contribution in [0.25, 0.3) is 0 Å². The van der Waals surface area contributed by atoms with E-state index >= 15 is 0 Å². The van der Waals surface area contributed by atoms with E-state index in [1.807, 2.05) is 42.5 Å². The zero-order valence-electron chi connectivity index (χ0n) is 11.2. The fourth-order valence-corrected chi connectivity index (χ4v) is 2.90. The molecule has 0 N–H and O–H groups in total. The van der Waals surface area contributed by atoms with Crippen molar-refractivity contribution in [1.29, 1.82) is 0 Å². The Hall–Kier alpha value is -1.80. The molecule has 3 rings (SSSR count). The summed E-state index contributed by atoms with van der Waals surface area (Å²) >= 11 is 5.90. The molecule has 3 heteroatoms. The summed E-state index contributed by atoms with van der Waals surface area (Å²) in [7, 11) is 1.64. The minimum atomic E-state index is -0.0619. The maximum Gasteiger partial charge on any atom is 0.170 e. The highest BCUT2D eigenvalue weighted by Gasteiger charge is 2.28. The molecule has 0 unspecified atom stereocenters. The van der Waals surface area contributed by atoms with E-state index in [1.165, 1.54) is 0 Å². The van der Waals surface area contributed by atoms with Crippen LogP contribution >= 0.6 is 11.6 Å². The van der Waals surface area contributed by atoms with Crippen molar-refractivity contribution in [3.05, 3.63) is 64.2 Å². The van der Waals surface area contributed by atoms with E-state index in [0.717, 1.165) is 35.3 Å². The Balaban J connectivity index is 1.94. The number of ether oxygens (including phenoxy) is 1. The highest BCUT2D eigenvalue weighted by Crippen LogP contribution is 2.34. The minimum absolute atomic E-state index is 0.0619. The molecule has 1 atom stereocenters. The van der Waals surface area contributed by atoms with E-state index in [2.05, 4.69) is 0 Å². The van der Waals surface area contributed by atoms with E-state index < -0.39 is 0 Å². The van der Waals surface area contributed by atoms with Gasteiger partial charge in [-0.2, -0.15) is 0 Å². The van der Waals surface area contributed by atoms with Crippen LogP contribution in [0.5, 0.6) is 5.75 Å². The van der Waals surface area contributed by atoms with Gasteiger partial charge in [0.2, 0.25) is 0 Å². The third kappa shape index (κ3) is 2.32. The van der Waals surface area contributed by atoms with E-state index in [1.54, 1.807) is 7.11 Å². The van der Waals surface area contributed by atoms with Gasteiger partial charge in [-0.15, -0.1) is 0 Å². The lowest BCUT2D eigenvalue weighted by molar-refractivity contribution is 0.0946. The second kappa shape index (κ2) is 5.29. The molecule has 0 heterocycles. The molecule has 2 aromatic carbocycles. The number of halogens is 1. The number of carbonyl (C=O) groups is 1. The van der Waals surface area contributed by atoms with Crippen LogP contribution < -0.4 is 4.74 Å². The van der Waals surface area contributed by atoms with E-state index in [-0.39, 0.29) is 11.7 Å². The smallest absolute Gasteiger partial charge is 0.170 e. The van der Waals surface area contributed by atoms with Crippen LogP contribution in [0.15, 0.2) is 42.5 Å². The first-order valence-corrected chi connectivity index (χ1v) is 7.03. The van der Waals surface area contributed by atoms with Crippen molar-refractivity contribution in [1.82, 2.24) is 0 Å². The summed E-state index contributed by atoms with van der Waals surface area (Å²) in [4.78, 5) is 12.6. The summed E-state index contributed by atoms with van der Waals surface area (Å²) in [5, 5.41) is 0.696. The maximum atomic E-state index is 12.6. The maximum absolute atomic E-state index is 12.6. The van der Waals surface area contributed by atoms with E-state index in [9.17, 15) is 4.79 Å². The average Bonchev–Trinajstić information content (AvgIpc) is 2.48. The number of aryl methyl sites for hydroxylation is 1. The Morgan fingerprint density at radius 3 is 2.60 bits per heavy atom. The van der Waals surface area contributed by atoms with Gasteiger partial charge in [0, 0.05) is 16.5 Å². The molecule has 0 bridgehead atoms. The standard InChI is InChI=1S/C17H15ClO2/c1-20-14-7-9-16-12(10-14)4-8-15(17(16)19)11-2-5-13(18)6-3-11/h2-3,5-7,9-10,15H,4,8H2,1H3/t15-/m0/s1. The van der Waals surface area contributed by atoms with Crippen LogP contribution in [0, 0.1) is 0 Å². The molecule has 0 aliphatic heterocycles. The molecule has 1 aliphatic carbocycles. The molecular weight excluding hydrogens is 272 g/mol. The highest BCUT2D eigenvalue weighted by molar-refractivity contribution is 6.30. The van der Waals surface area contributed by atoms with Crippen molar-refractivity contribution in [2.24, 2.45) is 0 Å². The van der Waals surface area contributed by atoms with Crippen LogP contribution in [0.1, 0.15) is 33.8 Å². The molecule has 1 aliphatic rings. The number of hydrogen-bond donors (Lipinski definition) is 0. The van der Waals surface area contributed by atoms with Gasteiger partial charge in [0.15, 0.2) is 5.78 Å². The number of fused-ring (bicyclic) bond motifs is 1. The topological polar surface area (TPSA) is 26.3 Å². The fourth-order valence-electron chi connectivity index (χ4n) is 2.78. The van der Waals surface area contributed by atoms with Gasteiger partial charge in [0.25, 0.3) is 0 Å². The van der Waals surface area contributed by atoms with Gasteiger partial charge in [0.05, 0.1) is 7.11 Å². The Labute approximate surface area is 123 Å². The van der Waals surface area contributed by atoms with Crippen LogP contribution in [-0.4, -0.2) is 12.9 Å². The van der Waals surface area contributed by atoms with Crippen molar-refractivity contribution in [2.45, 2.75) is 18.8 Å². The van der Waals surface area contributed by atoms with Crippen molar-refractivity contribution >= 4 is 17.4 Å². The summed E-state index contributed by atoms with van der Waals surface area (Å²) in [6.45, 7) is 0. The van der Waals surface area contributed by atoms with Crippen molar-refractivity contribution in [3.63, 3.8) is 0 Å². The van der Waals surface area contributed by atoms with E-state index in [4.69, 9.17) is 16.3 Å². The first-order valence-electron chi connectivity index (χ1n) is 6.65. The van der Waals surface area contributed by atoms with Crippen LogP contribution in [0.4, 0.5) is 0 Å².